The molecule has 0 saturated heterocycles. The van der Waals surface area contributed by atoms with Gasteiger partial charge in [-0.3, -0.25) is 9.44 Å². The molecule has 0 amide bonds. The van der Waals surface area contributed by atoms with Gasteiger partial charge in [-0.15, -0.1) is 11.3 Å². The van der Waals surface area contributed by atoms with Crippen LogP contribution in [0.15, 0.2) is 94.3 Å². The lowest BCUT2D eigenvalue weighted by atomic mass is 10.1. The van der Waals surface area contributed by atoms with Crippen LogP contribution in [-0.2, 0) is 20.0 Å². The highest BCUT2D eigenvalue weighted by molar-refractivity contribution is 7.93. The van der Waals surface area contributed by atoms with Crippen molar-refractivity contribution in [3.8, 4) is 22.3 Å². The Morgan fingerprint density at radius 3 is 2.25 bits per heavy atom. The molecule has 4 N–H and O–H groups in total. The summed E-state index contributed by atoms with van der Waals surface area (Å²) >= 11 is 13.0. The van der Waals surface area contributed by atoms with Gasteiger partial charge in [-0.1, -0.05) is 41.4 Å². The standard InChI is InChI=1S/C19H12FN3O2S2.C14H9Cl2F2N3O3S/c20-15-8-12(10-21)3-6-16(15)23-27(24,25)19-11-22-17-9-13(4-5-14(17)19)18-2-1-7-26-18;1-24-12-7(15)3-2-6-10(5-19-11(6)12)25(22,23)21-14-9(17)4-8(16)13(18)20-14/h1-9,11,22-23H;2-5,19H,1H3,(H,20,21). The third kappa shape index (κ3) is 7.24. The number of ether oxygens (including phenoxy) is 1. The molecule has 0 radical (unpaired) electrons. The summed E-state index contributed by atoms with van der Waals surface area (Å²) < 4.78 is 101. The van der Waals surface area contributed by atoms with Crippen LogP contribution in [0.25, 0.3) is 32.2 Å². The molecule has 0 unspecified atom stereocenters. The Labute approximate surface area is 307 Å². The zero-order chi connectivity index (χ0) is 37.4. The fourth-order valence-corrected chi connectivity index (χ4v) is 8.55. The number of nitrogens with one attached hydrogen (secondary N) is 4. The Morgan fingerprint density at radius 1 is 0.846 bits per heavy atom. The number of nitriles is 1. The molecule has 7 aromatic rings. The summed E-state index contributed by atoms with van der Waals surface area (Å²) in [7, 11) is -6.91. The van der Waals surface area contributed by atoms with E-state index >= 15 is 0 Å². The highest BCUT2D eigenvalue weighted by atomic mass is 35.5. The average Bonchev–Trinajstić information content (AvgIpc) is 3.89. The van der Waals surface area contributed by atoms with E-state index in [2.05, 4.69) is 19.7 Å². The minimum absolute atomic E-state index is 0.0268. The van der Waals surface area contributed by atoms with Gasteiger partial charge in [0.15, 0.2) is 17.4 Å². The third-order valence-corrected chi connectivity index (χ3v) is 11.7. The summed E-state index contributed by atoms with van der Waals surface area (Å²) in [6, 6.07) is 18.3. The van der Waals surface area contributed by atoms with E-state index in [4.69, 9.17) is 33.2 Å². The van der Waals surface area contributed by atoms with E-state index in [0.717, 1.165) is 16.5 Å². The largest absolute Gasteiger partial charge is 0.493 e. The normalized spacial score (nSPS) is 11.6. The summed E-state index contributed by atoms with van der Waals surface area (Å²) in [6.07, 6.45) is 2.56. The Bertz CT molecular complexity index is 2750. The second-order valence-corrected chi connectivity index (χ2v) is 15.7. The Hall–Kier alpha value is -5.25. The first-order chi connectivity index (χ1) is 24.7. The maximum Gasteiger partial charge on any atom is 0.265 e. The molecule has 52 heavy (non-hydrogen) atoms. The maximum absolute atomic E-state index is 14.0. The number of nitrogens with zero attached hydrogens (tertiary/aromatic N) is 2. The van der Waals surface area contributed by atoms with Crippen LogP contribution in [0.5, 0.6) is 5.75 Å². The Balaban J connectivity index is 0.000000179. The van der Waals surface area contributed by atoms with Crippen LogP contribution in [0.4, 0.5) is 24.7 Å². The highest BCUT2D eigenvalue weighted by Crippen LogP contribution is 2.36. The van der Waals surface area contributed by atoms with Crippen molar-refractivity contribution < 1.29 is 34.7 Å². The maximum atomic E-state index is 14.0. The number of thiophene rings is 1. The van der Waals surface area contributed by atoms with Crippen molar-refractivity contribution in [2.24, 2.45) is 0 Å². The summed E-state index contributed by atoms with van der Waals surface area (Å²) in [4.78, 5) is 9.77. The van der Waals surface area contributed by atoms with Gasteiger partial charge in [0.05, 0.1) is 40.0 Å². The highest BCUT2D eigenvalue weighted by Gasteiger charge is 2.25. The molecule has 0 bridgehead atoms. The summed E-state index contributed by atoms with van der Waals surface area (Å²) in [5.74, 6) is -3.68. The number of methoxy groups -OCH3 is 1. The number of rotatable bonds is 8. The molecule has 0 fully saturated rings. The number of sulfonamides is 2. The van der Waals surface area contributed by atoms with Gasteiger partial charge in [-0.25, -0.2) is 25.6 Å². The van der Waals surface area contributed by atoms with Crippen LogP contribution in [0, 0.1) is 28.9 Å². The fourth-order valence-electron chi connectivity index (χ4n) is 5.03. The number of aromatic nitrogens is 3. The molecule has 0 aliphatic carbocycles. The Kier molecular flexibility index (Phi) is 10.1. The first kappa shape index (κ1) is 36.5. The number of aromatic amines is 2. The number of fused-ring (bicyclic) bond motifs is 2. The number of hydrogen-bond acceptors (Lipinski definition) is 8. The molecule has 19 heteroatoms. The zero-order valence-corrected chi connectivity index (χ0v) is 30.1. The predicted molar refractivity (Wildman–Crippen MR) is 193 cm³/mol. The van der Waals surface area contributed by atoms with Gasteiger partial charge in [0.25, 0.3) is 20.0 Å². The van der Waals surface area contributed by atoms with Crippen molar-refractivity contribution in [2.75, 3.05) is 16.6 Å². The summed E-state index contributed by atoms with van der Waals surface area (Å²) in [5.41, 5.74) is 1.89. The summed E-state index contributed by atoms with van der Waals surface area (Å²) in [6.45, 7) is 0. The second-order valence-electron chi connectivity index (χ2n) is 10.7. The number of pyridine rings is 1. The number of H-pyrrole nitrogens is 2. The van der Waals surface area contributed by atoms with Crippen LogP contribution in [0.3, 0.4) is 0 Å². The molecule has 0 aliphatic rings. The molecule has 7 rings (SSSR count). The van der Waals surface area contributed by atoms with Gasteiger partial charge in [-0.2, -0.15) is 14.6 Å². The average molecular weight is 806 g/mol. The van der Waals surface area contributed by atoms with Crippen LogP contribution in [0.1, 0.15) is 5.56 Å². The van der Waals surface area contributed by atoms with Crippen molar-refractivity contribution in [1.82, 2.24) is 15.0 Å². The second kappa shape index (κ2) is 14.4. The number of anilines is 2. The van der Waals surface area contributed by atoms with E-state index in [1.807, 2.05) is 34.4 Å². The molecular weight excluding hydrogens is 785 g/mol. The molecule has 3 aromatic carbocycles. The lowest BCUT2D eigenvalue weighted by Gasteiger charge is -2.08. The first-order valence-electron chi connectivity index (χ1n) is 14.5. The molecule has 266 valence electrons. The van der Waals surface area contributed by atoms with Gasteiger partial charge >= 0.3 is 0 Å². The molecular formula is C33H21Cl2F3N6O5S3. The molecule has 11 nitrogen and oxygen atoms in total. The first-order valence-corrected chi connectivity index (χ1v) is 19.1. The van der Waals surface area contributed by atoms with Gasteiger partial charge in [0.1, 0.15) is 15.6 Å². The van der Waals surface area contributed by atoms with Crippen molar-refractivity contribution in [3.63, 3.8) is 0 Å². The van der Waals surface area contributed by atoms with Crippen molar-refractivity contribution in [1.29, 1.82) is 5.26 Å². The van der Waals surface area contributed by atoms with E-state index in [1.165, 1.54) is 43.8 Å². The molecule has 4 aromatic heterocycles. The third-order valence-electron chi connectivity index (χ3n) is 7.42. The number of benzene rings is 3. The van der Waals surface area contributed by atoms with Crippen LogP contribution >= 0.6 is 34.5 Å². The number of halogens is 5. The Morgan fingerprint density at radius 2 is 1.56 bits per heavy atom. The fraction of sp³-hybridized carbons (Fsp3) is 0.0303. The van der Waals surface area contributed by atoms with E-state index in [-0.39, 0.29) is 37.2 Å². The van der Waals surface area contributed by atoms with Gasteiger partial charge < -0.3 is 14.7 Å². The lowest BCUT2D eigenvalue weighted by molar-refractivity contribution is 0.419. The summed E-state index contributed by atoms with van der Waals surface area (Å²) in [5, 5.41) is 11.2. The molecule has 0 saturated carbocycles. The van der Waals surface area contributed by atoms with Crippen LogP contribution in [-0.4, -0.2) is 38.9 Å². The van der Waals surface area contributed by atoms with E-state index in [1.54, 1.807) is 23.5 Å². The van der Waals surface area contributed by atoms with E-state index < -0.39 is 48.5 Å². The molecule has 4 heterocycles. The van der Waals surface area contributed by atoms with Crippen LogP contribution in [0.2, 0.25) is 10.0 Å². The SMILES string of the molecule is COc1c(Cl)ccc2c(S(=O)(=O)Nc3nc(F)c(Cl)cc3F)c[nH]c12.N#Cc1ccc(NS(=O)(=O)c2c[nH]c3cc(-c4cccs4)ccc23)c(F)c1. The monoisotopic (exact) mass is 804 g/mol. The van der Waals surface area contributed by atoms with Crippen molar-refractivity contribution in [3.05, 3.63) is 118 Å². The topological polar surface area (TPSA) is 170 Å². The van der Waals surface area contributed by atoms with Crippen molar-refractivity contribution >= 4 is 87.9 Å². The number of hydrogen-bond donors (Lipinski definition) is 4. The van der Waals surface area contributed by atoms with Crippen LogP contribution < -0.4 is 14.2 Å². The van der Waals surface area contributed by atoms with Gasteiger partial charge in [0, 0.05) is 39.6 Å². The predicted octanol–water partition coefficient (Wildman–Crippen LogP) is 8.67. The lowest BCUT2D eigenvalue weighted by Crippen LogP contribution is -2.15. The molecule has 0 aliphatic heterocycles. The van der Waals surface area contributed by atoms with Gasteiger partial charge in [0.2, 0.25) is 5.95 Å². The van der Waals surface area contributed by atoms with Crippen molar-refractivity contribution in [2.45, 2.75) is 9.79 Å². The minimum atomic E-state index is -4.28. The zero-order valence-electron chi connectivity index (χ0n) is 26.1. The minimum Gasteiger partial charge on any atom is -0.493 e. The van der Waals surface area contributed by atoms with E-state index in [0.29, 0.717) is 22.5 Å². The smallest absolute Gasteiger partial charge is 0.265 e. The molecule has 0 spiro atoms. The van der Waals surface area contributed by atoms with E-state index in [9.17, 15) is 30.0 Å². The van der Waals surface area contributed by atoms with Gasteiger partial charge in [-0.05, 0) is 53.4 Å². The molecule has 0 atom stereocenters. The quantitative estimate of drug-likeness (QED) is 0.111.